The Morgan fingerprint density at radius 1 is 1.32 bits per heavy atom. The minimum absolute atomic E-state index is 0.0298. The van der Waals surface area contributed by atoms with Gasteiger partial charge in [-0.15, -0.1) is 0 Å². The summed E-state index contributed by atoms with van der Waals surface area (Å²) in [6.07, 6.45) is 6.29. The number of ether oxygens (including phenoxy) is 1. The van der Waals surface area contributed by atoms with Gasteiger partial charge in [-0.05, 0) is 55.2 Å². The Hall–Kier alpha value is -2.15. The van der Waals surface area contributed by atoms with Crippen LogP contribution in [0.25, 0.3) is 11.4 Å². The minimum atomic E-state index is -0.0298. The third kappa shape index (κ3) is 4.48. The number of carbonyl (C=O) groups is 1. The molecule has 0 spiro atoms. The first-order chi connectivity index (χ1) is 12.2. The molecule has 6 nitrogen and oxygen atoms in total. The molecular weight excluding hydrogens is 336 g/mol. The lowest BCUT2D eigenvalue weighted by atomic mass is 9.89. The number of hydrogen-bond acceptors (Lipinski definition) is 4. The van der Waals surface area contributed by atoms with E-state index in [0.29, 0.717) is 16.5 Å². The van der Waals surface area contributed by atoms with Crippen molar-refractivity contribution in [3.63, 3.8) is 0 Å². The second-order valence-electron chi connectivity index (χ2n) is 6.48. The lowest BCUT2D eigenvalue weighted by Gasteiger charge is -2.21. The van der Waals surface area contributed by atoms with E-state index in [1.54, 1.807) is 11.7 Å². The van der Waals surface area contributed by atoms with E-state index in [2.05, 4.69) is 15.5 Å². The number of hydrogen-bond donors (Lipinski definition) is 2. The van der Waals surface area contributed by atoms with Gasteiger partial charge in [-0.2, -0.15) is 5.10 Å². The number of carbonyl (C=O) groups excluding carboxylic acids is 1. The molecule has 0 aliphatic heterocycles. The van der Waals surface area contributed by atoms with Gasteiger partial charge in [-0.1, -0.05) is 19.3 Å². The van der Waals surface area contributed by atoms with Crippen molar-refractivity contribution < 1.29 is 9.53 Å². The number of nitrogens with zero attached hydrogens (tertiary/aromatic N) is 2. The summed E-state index contributed by atoms with van der Waals surface area (Å²) in [6, 6.07) is 7.53. The van der Waals surface area contributed by atoms with Crippen LogP contribution in [0, 0.1) is 10.7 Å². The first kappa shape index (κ1) is 17.7. The normalized spacial score (nSPS) is 15.1. The molecule has 0 bridgehead atoms. The van der Waals surface area contributed by atoms with Crippen molar-refractivity contribution in [2.45, 2.75) is 38.6 Å². The second-order valence-corrected chi connectivity index (χ2v) is 6.86. The first-order valence-electron chi connectivity index (χ1n) is 8.73. The smallest absolute Gasteiger partial charge is 0.240 e. The summed E-state index contributed by atoms with van der Waals surface area (Å²) in [6.45, 7) is 0.922. The van der Waals surface area contributed by atoms with Gasteiger partial charge in [-0.25, -0.2) is 0 Å². The average molecular weight is 360 g/mol. The topological polar surface area (TPSA) is 71.9 Å². The number of amides is 1. The van der Waals surface area contributed by atoms with Gasteiger partial charge >= 0.3 is 0 Å². The van der Waals surface area contributed by atoms with Gasteiger partial charge in [-0.3, -0.25) is 14.5 Å². The number of benzene rings is 1. The van der Waals surface area contributed by atoms with Crippen molar-refractivity contribution in [2.24, 2.45) is 5.92 Å². The number of aromatic amines is 1. The van der Waals surface area contributed by atoms with Crippen molar-refractivity contribution in [3.05, 3.63) is 29.0 Å². The number of rotatable bonds is 6. The Labute approximate surface area is 152 Å². The molecule has 1 aromatic heterocycles. The first-order valence-corrected chi connectivity index (χ1v) is 9.14. The molecule has 1 aromatic carbocycles. The van der Waals surface area contributed by atoms with Gasteiger partial charge in [0.05, 0.1) is 7.11 Å². The van der Waals surface area contributed by atoms with Gasteiger partial charge in [0.25, 0.3) is 0 Å². The molecule has 134 valence electrons. The van der Waals surface area contributed by atoms with Crippen LogP contribution in [-0.4, -0.2) is 34.3 Å². The fraction of sp³-hybridized carbons (Fsp3) is 0.500. The van der Waals surface area contributed by atoms with E-state index in [1.807, 2.05) is 24.3 Å². The zero-order valence-electron chi connectivity index (χ0n) is 14.5. The quantitative estimate of drug-likeness (QED) is 0.775. The maximum absolute atomic E-state index is 12.3. The Kier molecular flexibility index (Phi) is 5.86. The van der Waals surface area contributed by atoms with Crippen molar-refractivity contribution in [1.29, 1.82) is 0 Å². The largest absolute Gasteiger partial charge is 0.497 e. The average Bonchev–Trinajstić information content (AvgIpc) is 3.01. The molecule has 2 N–H and O–H groups in total. The van der Waals surface area contributed by atoms with Crippen molar-refractivity contribution >= 4 is 18.1 Å². The fourth-order valence-corrected chi connectivity index (χ4v) is 3.47. The van der Waals surface area contributed by atoms with Gasteiger partial charge < -0.3 is 10.1 Å². The molecular formula is C18H24N4O2S. The van der Waals surface area contributed by atoms with E-state index in [1.165, 1.54) is 32.1 Å². The zero-order chi connectivity index (χ0) is 17.6. The van der Waals surface area contributed by atoms with Crippen LogP contribution in [0.5, 0.6) is 5.75 Å². The molecule has 1 fully saturated rings. The zero-order valence-corrected chi connectivity index (χ0v) is 15.3. The van der Waals surface area contributed by atoms with Gasteiger partial charge in [0.2, 0.25) is 5.91 Å². The SMILES string of the molecule is COc1ccc(-c2n[nH]c(=S)n2CC(=O)NCC2CCCCC2)cc1. The maximum Gasteiger partial charge on any atom is 0.240 e. The van der Waals surface area contributed by atoms with Crippen LogP contribution in [0.4, 0.5) is 0 Å². The summed E-state index contributed by atoms with van der Waals surface area (Å²) in [5.74, 6) is 2.00. The molecule has 2 aromatic rings. The second kappa shape index (κ2) is 8.29. The van der Waals surface area contributed by atoms with E-state index in [4.69, 9.17) is 17.0 Å². The number of aromatic nitrogens is 3. The summed E-state index contributed by atoms with van der Waals surface area (Å²) >= 11 is 5.29. The molecule has 0 saturated heterocycles. The van der Waals surface area contributed by atoms with E-state index in [9.17, 15) is 4.79 Å². The van der Waals surface area contributed by atoms with Crippen molar-refractivity contribution in [3.8, 4) is 17.1 Å². The number of H-pyrrole nitrogens is 1. The van der Waals surface area contributed by atoms with Crippen LogP contribution in [-0.2, 0) is 11.3 Å². The lowest BCUT2D eigenvalue weighted by Crippen LogP contribution is -2.33. The van der Waals surface area contributed by atoms with E-state index in [0.717, 1.165) is 17.9 Å². The summed E-state index contributed by atoms with van der Waals surface area (Å²) in [5, 5.41) is 10.1. The van der Waals surface area contributed by atoms with Crippen LogP contribution in [0.1, 0.15) is 32.1 Å². The monoisotopic (exact) mass is 360 g/mol. The van der Waals surface area contributed by atoms with Gasteiger partial charge in [0, 0.05) is 12.1 Å². The standard InChI is InChI=1S/C18H24N4O2S/c1-24-15-9-7-14(8-10-15)17-20-21-18(25)22(17)12-16(23)19-11-13-5-3-2-4-6-13/h7-10,13H,2-6,11-12H2,1H3,(H,19,23)(H,21,25). The summed E-state index contributed by atoms with van der Waals surface area (Å²) in [5.41, 5.74) is 0.883. The molecule has 1 heterocycles. The van der Waals surface area contributed by atoms with Crippen LogP contribution in [0.2, 0.25) is 0 Å². The highest BCUT2D eigenvalue weighted by Gasteiger charge is 2.16. The predicted octanol–water partition coefficient (Wildman–Crippen LogP) is 3.31. The number of methoxy groups -OCH3 is 1. The summed E-state index contributed by atoms with van der Waals surface area (Å²) < 4.78 is 7.35. The molecule has 25 heavy (non-hydrogen) atoms. The molecule has 1 amide bonds. The molecule has 3 rings (SSSR count). The highest BCUT2D eigenvalue weighted by Crippen LogP contribution is 2.23. The van der Waals surface area contributed by atoms with Gasteiger partial charge in [0.1, 0.15) is 12.3 Å². The summed E-state index contributed by atoms with van der Waals surface area (Å²) in [7, 11) is 1.63. The molecule has 1 aliphatic rings. The third-order valence-electron chi connectivity index (χ3n) is 4.72. The predicted molar refractivity (Wildman–Crippen MR) is 99.0 cm³/mol. The van der Waals surface area contributed by atoms with Crippen LogP contribution in [0.15, 0.2) is 24.3 Å². The Bertz CT molecular complexity index is 760. The van der Waals surface area contributed by atoms with Crippen LogP contribution < -0.4 is 10.1 Å². The van der Waals surface area contributed by atoms with Crippen molar-refractivity contribution in [2.75, 3.05) is 13.7 Å². The van der Waals surface area contributed by atoms with Gasteiger partial charge in [0.15, 0.2) is 10.6 Å². The molecule has 0 radical (unpaired) electrons. The van der Waals surface area contributed by atoms with E-state index >= 15 is 0 Å². The molecule has 7 heteroatoms. The molecule has 1 aliphatic carbocycles. The molecule has 1 saturated carbocycles. The Balaban J connectivity index is 1.66. The van der Waals surface area contributed by atoms with E-state index in [-0.39, 0.29) is 12.5 Å². The van der Waals surface area contributed by atoms with Crippen molar-refractivity contribution in [1.82, 2.24) is 20.1 Å². The fourth-order valence-electron chi connectivity index (χ4n) is 3.27. The Morgan fingerprint density at radius 3 is 2.72 bits per heavy atom. The lowest BCUT2D eigenvalue weighted by molar-refractivity contribution is -0.121. The highest BCUT2D eigenvalue weighted by atomic mass is 32.1. The van der Waals surface area contributed by atoms with E-state index < -0.39 is 0 Å². The summed E-state index contributed by atoms with van der Waals surface area (Å²) in [4.78, 5) is 12.3. The van der Waals surface area contributed by atoms with Crippen LogP contribution in [0.3, 0.4) is 0 Å². The molecule has 0 unspecified atom stereocenters. The molecule has 0 atom stereocenters. The highest BCUT2D eigenvalue weighted by molar-refractivity contribution is 7.71. The maximum atomic E-state index is 12.3. The third-order valence-corrected chi connectivity index (χ3v) is 5.03. The number of nitrogens with one attached hydrogen (secondary N) is 2. The Morgan fingerprint density at radius 2 is 2.04 bits per heavy atom. The van der Waals surface area contributed by atoms with Crippen LogP contribution >= 0.6 is 12.2 Å². The minimum Gasteiger partial charge on any atom is -0.497 e.